The van der Waals surface area contributed by atoms with Crippen molar-refractivity contribution in [2.24, 2.45) is 0 Å². The number of ether oxygens (including phenoxy) is 2. The third-order valence-corrected chi connectivity index (χ3v) is 6.45. The van der Waals surface area contributed by atoms with E-state index in [0.29, 0.717) is 36.5 Å². The fourth-order valence-corrected chi connectivity index (χ4v) is 4.71. The smallest absolute Gasteiger partial charge is 0.334 e. The lowest BCUT2D eigenvalue weighted by Gasteiger charge is -2.15. The topological polar surface area (TPSA) is 78.6 Å². The first-order valence-corrected chi connectivity index (χ1v) is 11.5. The molecule has 2 aromatic carbocycles. The van der Waals surface area contributed by atoms with E-state index in [1.165, 1.54) is 25.3 Å². The van der Waals surface area contributed by atoms with E-state index < -0.39 is 5.82 Å². The maximum absolute atomic E-state index is 14.5. The van der Waals surface area contributed by atoms with Crippen LogP contribution in [0.3, 0.4) is 0 Å². The summed E-state index contributed by atoms with van der Waals surface area (Å²) in [5.74, 6) is -0.199. The zero-order valence-corrected chi connectivity index (χ0v) is 20.0. The summed E-state index contributed by atoms with van der Waals surface area (Å²) in [7, 11) is 1.39. The molecule has 1 saturated heterocycles. The minimum atomic E-state index is -0.592. The Morgan fingerprint density at radius 3 is 2.64 bits per heavy atom. The van der Waals surface area contributed by atoms with Gasteiger partial charge in [-0.05, 0) is 61.4 Å². The zero-order chi connectivity index (χ0) is 25.4. The maximum atomic E-state index is 14.5. The highest BCUT2D eigenvalue weighted by Gasteiger charge is 2.30. The van der Waals surface area contributed by atoms with Gasteiger partial charge in [0.1, 0.15) is 5.75 Å². The summed E-state index contributed by atoms with van der Waals surface area (Å²) in [5.41, 5.74) is 2.72. The van der Waals surface area contributed by atoms with Gasteiger partial charge in [-0.3, -0.25) is 18.9 Å². The second-order valence-electron chi connectivity index (χ2n) is 8.61. The number of pyridine rings is 1. The molecule has 1 aliphatic heterocycles. The molecule has 184 valence electrons. The SMILES string of the molecule is C=CC(=O)N1CC[C@@H](n2c(=O)n(-c3ccc(Oc4cccc(OC)c4F)cc3)c3cncc(C)c32)C1. The van der Waals surface area contributed by atoms with Gasteiger partial charge in [-0.15, -0.1) is 0 Å². The van der Waals surface area contributed by atoms with Gasteiger partial charge in [0.15, 0.2) is 11.5 Å². The summed E-state index contributed by atoms with van der Waals surface area (Å²) in [6.07, 6.45) is 5.35. The molecule has 0 aliphatic carbocycles. The lowest BCUT2D eigenvalue weighted by atomic mass is 10.2. The van der Waals surface area contributed by atoms with Crippen molar-refractivity contribution in [3.63, 3.8) is 0 Å². The van der Waals surface area contributed by atoms with E-state index in [2.05, 4.69) is 11.6 Å². The van der Waals surface area contributed by atoms with Gasteiger partial charge in [0, 0.05) is 19.3 Å². The summed E-state index contributed by atoms with van der Waals surface area (Å²) in [5, 5.41) is 0. The first-order valence-electron chi connectivity index (χ1n) is 11.5. The summed E-state index contributed by atoms with van der Waals surface area (Å²) in [6, 6.07) is 11.3. The molecule has 0 bridgehead atoms. The first-order chi connectivity index (χ1) is 17.4. The van der Waals surface area contributed by atoms with Crippen molar-refractivity contribution in [3.05, 3.63) is 89.4 Å². The summed E-state index contributed by atoms with van der Waals surface area (Å²) < 4.78 is 28.6. The summed E-state index contributed by atoms with van der Waals surface area (Å²) in [6.45, 7) is 6.48. The number of carbonyl (C=O) groups is 1. The third kappa shape index (κ3) is 3.92. The van der Waals surface area contributed by atoms with E-state index in [4.69, 9.17) is 9.47 Å². The Morgan fingerprint density at radius 2 is 1.92 bits per heavy atom. The highest BCUT2D eigenvalue weighted by atomic mass is 19.1. The van der Waals surface area contributed by atoms with Gasteiger partial charge in [-0.1, -0.05) is 12.6 Å². The van der Waals surface area contributed by atoms with Crippen LogP contribution in [0.1, 0.15) is 18.0 Å². The van der Waals surface area contributed by atoms with Crippen LogP contribution in [-0.2, 0) is 4.79 Å². The second kappa shape index (κ2) is 9.33. The molecule has 36 heavy (non-hydrogen) atoms. The van der Waals surface area contributed by atoms with Crippen molar-refractivity contribution >= 4 is 16.9 Å². The van der Waals surface area contributed by atoms with Crippen LogP contribution in [0.25, 0.3) is 16.7 Å². The third-order valence-electron chi connectivity index (χ3n) is 6.45. The van der Waals surface area contributed by atoms with E-state index in [0.717, 1.165) is 11.1 Å². The molecule has 8 nitrogen and oxygen atoms in total. The molecule has 1 fully saturated rings. The van der Waals surface area contributed by atoms with Crippen molar-refractivity contribution < 1.29 is 18.7 Å². The molecular formula is C27H25FN4O4. The number of aryl methyl sites for hydroxylation is 1. The molecule has 0 N–H and O–H groups in total. The molecule has 0 unspecified atom stereocenters. The van der Waals surface area contributed by atoms with Gasteiger partial charge in [-0.2, -0.15) is 4.39 Å². The Bertz CT molecular complexity index is 1520. The number of aromatic nitrogens is 3. The van der Waals surface area contributed by atoms with Gasteiger partial charge >= 0.3 is 5.69 Å². The van der Waals surface area contributed by atoms with Crippen molar-refractivity contribution in [2.45, 2.75) is 19.4 Å². The Balaban J connectivity index is 1.52. The second-order valence-corrected chi connectivity index (χ2v) is 8.61. The Kier molecular flexibility index (Phi) is 6.05. The van der Waals surface area contributed by atoms with Crippen LogP contribution in [0.2, 0.25) is 0 Å². The van der Waals surface area contributed by atoms with Crippen molar-refractivity contribution in [3.8, 4) is 22.9 Å². The molecule has 4 aromatic rings. The number of imidazole rings is 1. The number of amides is 1. The molecule has 5 rings (SSSR count). The van der Waals surface area contributed by atoms with Gasteiger partial charge in [-0.25, -0.2) is 4.79 Å². The van der Waals surface area contributed by atoms with Crippen LogP contribution in [-0.4, -0.2) is 45.1 Å². The van der Waals surface area contributed by atoms with Gasteiger partial charge < -0.3 is 14.4 Å². The maximum Gasteiger partial charge on any atom is 0.334 e. The number of likely N-dealkylation sites (tertiary alicyclic amines) is 1. The number of halogens is 1. The highest BCUT2D eigenvalue weighted by Crippen LogP contribution is 2.32. The van der Waals surface area contributed by atoms with Gasteiger partial charge in [0.05, 0.1) is 36.1 Å². The van der Waals surface area contributed by atoms with Gasteiger partial charge in [0.2, 0.25) is 11.7 Å². The molecule has 3 heterocycles. The largest absolute Gasteiger partial charge is 0.494 e. The molecule has 1 amide bonds. The number of benzene rings is 2. The lowest BCUT2D eigenvalue weighted by molar-refractivity contribution is -0.125. The van der Waals surface area contributed by atoms with Crippen LogP contribution in [0.5, 0.6) is 17.2 Å². The summed E-state index contributed by atoms with van der Waals surface area (Å²) >= 11 is 0. The molecule has 0 spiro atoms. The molecule has 1 aliphatic rings. The number of hydrogen-bond acceptors (Lipinski definition) is 5. The van der Waals surface area contributed by atoms with Crippen LogP contribution >= 0.6 is 0 Å². The number of rotatable bonds is 6. The van der Waals surface area contributed by atoms with E-state index in [-0.39, 0.29) is 29.1 Å². The van der Waals surface area contributed by atoms with Crippen molar-refractivity contribution in [2.75, 3.05) is 20.2 Å². The Hall–Kier alpha value is -4.40. The molecular weight excluding hydrogens is 463 g/mol. The highest BCUT2D eigenvalue weighted by molar-refractivity contribution is 5.87. The van der Waals surface area contributed by atoms with E-state index in [9.17, 15) is 14.0 Å². The number of hydrogen-bond donors (Lipinski definition) is 0. The van der Waals surface area contributed by atoms with Crippen molar-refractivity contribution in [1.29, 1.82) is 0 Å². The molecule has 9 heteroatoms. The fourth-order valence-electron chi connectivity index (χ4n) is 4.71. The van der Waals surface area contributed by atoms with Crippen molar-refractivity contribution in [1.82, 2.24) is 19.0 Å². The number of methoxy groups -OCH3 is 1. The predicted octanol–water partition coefficient (Wildman–Crippen LogP) is 4.40. The minimum Gasteiger partial charge on any atom is -0.494 e. The molecule has 0 saturated carbocycles. The number of carbonyl (C=O) groups excluding carboxylic acids is 1. The minimum absolute atomic E-state index is 0.0375. The lowest BCUT2D eigenvalue weighted by Crippen LogP contribution is -2.31. The standard InChI is InChI=1S/C27H25FN4O4/c1-4-24(33)30-13-12-19(16-30)32-26-17(2)14-29-15-21(26)31(27(32)34)18-8-10-20(11-9-18)36-23-7-5-6-22(35-3)25(23)28/h4-11,14-15,19H,1,12-13,16H2,2-3H3/t19-/m1/s1. The average Bonchev–Trinajstić information content (AvgIpc) is 3.48. The van der Waals surface area contributed by atoms with Crippen LogP contribution in [0.4, 0.5) is 4.39 Å². The summed E-state index contributed by atoms with van der Waals surface area (Å²) in [4.78, 5) is 31.9. The van der Waals surface area contributed by atoms with E-state index in [1.54, 1.807) is 56.8 Å². The molecule has 0 radical (unpaired) electrons. The normalized spacial score (nSPS) is 15.3. The predicted molar refractivity (Wildman–Crippen MR) is 134 cm³/mol. The van der Waals surface area contributed by atoms with Crippen LogP contribution in [0.15, 0.2) is 72.3 Å². The Morgan fingerprint density at radius 1 is 1.17 bits per heavy atom. The average molecular weight is 489 g/mol. The van der Waals surface area contributed by atoms with E-state index in [1.807, 2.05) is 6.92 Å². The van der Waals surface area contributed by atoms with Gasteiger partial charge in [0.25, 0.3) is 0 Å². The Labute approximate surface area is 206 Å². The number of nitrogens with zero attached hydrogens (tertiary/aromatic N) is 4. The monoisotopic (exact) mass is 488 g/mol. The number of fused-ring (bicyclic) bond motifs is 1. The molecule has 1 atom stereocenters. The first kappa shape index (κ1) is 23.3. The van der Waals surface area contributed by atoms with E-state index >= 15 is 0 Å². The quantitative estimate of drug-likeness (QED) is 0.376. The fraction of sp³-hybridized carbons (Fsp3) is 0.222. The van der Waals surface area contributed by atoms with Crippen LogP contribution in [0, 0.1) is 12.7 Å². The zero-order valence-electron chi connectivity index (χ0n) is 20.0. The molecule has 2 aromatic heterocycles. The van der Waals surface area contributed by atoms with Crippen LogP contribution < -0.4 is 15.2 Å².